The average molecular weight is 363 g/mol. The first kappa shape index (κ1) is 16.6. The molecular weight excluding hydrogens is 338 g/mol. The monoisotopic (exact) mass is 363 g/mol. The molecule has 27 heavy (non-hydrogen) atoms. The van der Waals surface area contributed by atoms with Crippen molar-refractivity contribution in [2.45, 2.75) is 37.8 Å². The van der Waals surface area contributed by atoms with Gasteiger partial charge in [0.1, 0.15) is 11.9 Å². The van der Waals surface area contributed by atoms with E-state index in [1.807, 2.05) is 34.9 Å². The Morgan fingerprint density at radius 3 is 2.67 bits per heavy atom. The lowest BCUT2D eigenvalue weighted by molar-refractivity contribution is 0.0926. The summed E-state index contributed by atoms with van der Waals surface area (Å²) in [6.07, 6.45) is 4.46. The summed E-state index contributed by atoms with van der Waals surface area (Å²) >= 11 is 0. The van der Waals surface area contributed by atoms with Crippen LogP contribution in [0.25, 0.3) is 11.0 Å². The summed E-state index contributed by atoms with van der Waals surface area (Å²) in [7, 11) is 0. The molecule has 2 aliphatic rings. The molecular formula is C22H25N3O2. The first-order valence-corrected chi connectivity index (χ1v) is 9.94. The van der Waals surface area contributed by atoms with Crippen LogP contribution in [0.4, 0.5) is 0 Å². The van der Waals surface area contributed by atoms with Crippen LogP contribution in [0.1, 0.15) is 30.9 Å². The lowest BCUT2D eigenvalue weighted by Crippen LogP contribution is -2.43. The van der Waals surface area contributed by atoms with Crippen molar-refractivity contribution >= 4 is 11.0 Å². The number of nitrogens with one attached hydrogen (secondary N) is 1. The van der Waals surface area contributed by atoms with Gasteiger partial charge in [-0.1, -0.05) is 30.3 Å². The van der Waals surface area contributed by atoms with E-state index in [0.29, 0.717) is 0 Å². The number of ether oxygens (including phenoxy) is 1. The average Bonchev–Trinajstić information content (AvgIpc) is 3.04. The van der Waals surface area contributed by atoms with E-state index < -0.39 is 0 Å². The van der Waals surface area contributed by atoms with Gasteiger partial charge in [-0.15, -0.1) is 0 Å². The molecule has 0 aliphatic carbocycles. The van der Waals surface area contributed by atoms with Crippen LogP contribution >= 0.6 is 0 Å². The molecule has 0 spiro atoms. The minimum atomic E-state index is 0.0156. The molecule has 0 radical (unpaired) electrons. The van der Waals surface area contributed by atoms with Crippen molar-refractivity contribution in [1.29, 1.82) is 0 Å². The Morgan fingerprint density at radius 2 is 1.78 bits per heavy atom. The molecule has 0 saturated carbocycles. The van der Waals surface area contributed by atoms with Gasteiger partial charge < -0.3 is 9.72 Å². The van der Waals surface area contributed by atoms with Crippen molar-refractivity contribution in [3.8, 4) is 5.75 Å². The van der Waals surface area contributed by atoms with Crippen molar-refractivity contribution in [2.24, 2.45) is 0 Å². The zero-order chi connectivity index (χ0) is 18.2. The molecule has 3 heterocycles. The normalized spacial score (nSPS) is 21.1. The molecule has 1 saturated heterocycles. The van der Waals surface area contributed by atoms with E-state index in [1.54, 1.807) is 0 Å². The van der Waals surface area contributed by atoms with Gasteiger partial charge in [-0.25, -0.2) is 4.79 Å². The molecule has 1 aromatic heterocycles. The van der Waals surface area contributed by atoms with Crippen molar-refractivity contribution in [3.63, 3.8) is 0 Å². The van der Waals surface area contributed by atoms with Crippen molar-refractivity contribution < 1.29 is 4.74 Å². The van der Waals surface area contributed by atoms with E-state index in [9.17, 15) is 4.79 Å². The van der Waals surface area contributed by atoms with E-state index in [0.717, 1.165) is 62.1 Å². The molecule has 0 bridgehead atoms. The largest absolute Gasteiger partial charge is 0.489 e. The van der Waals surface area contributed by atoms with Gasteiger partial charge in [0.05, 0.1) is 11.0 Å². The highest BCUT2D eigenvalue weighted by Crippen LogP contribution is 2.29. The molecule has 5 heteroatoms. The number of hydrogen-bond acceptors (Lipinski definition) is 3. The summed E-state index contributed by atoms with van der Waals surface area (Å²) < 4.78 is 8.17. The molecule has 5 nitrogen and oxygen atoms in total. The Bertz CT molecular complexity index is 998. The number of imidazole rings is 1. The summed E-state index contributed by atoms with van der Waals surface area (Å²) in [5.41, 5.74) is 3.29. The number of H-pyrrole nitrogens is 1. The fourth-order valence-corrected chi connectivity index (χ4v) is 4.59. The molecule has 1 N–H and O–H groups in total. The Kier molecular flexibility index (Phi) is 4.24. The summed E-state index contributed by atoms with van der Waals surface area (Å²) in [5.74, 6) is 1.05. The second kappa shape index (κ2) is 6.89. The lowest BCUT2D eigenvalue weighted by Gasteiger charge is -2.36. The molecule has 0 amide bonds. The number of aromatic amines is 1. The topological polar surface area (TPSA) is 50.3 Å². The number of hydrogen-bond donors (Lipinski definition) is 1. The molecule has 0 unspecified atom stereocenters. The van der Waals surface area contributed by atoms with Gasteiger partial charge in [-0.05, 0) is 49.4 Å². The summed E-state index contributed by atoms with van der Waals surface area (Å²) in [6.45, 7) is 3.00. The first-order valence-electron chi connectivity index (χ1n) is 9.94. The number of benzene rings is 2. The van der Waals surface area contributed by atoms with E-state index in [2.05, 4.69) is 28.1 Å². The predicted octanol–water partition coefficient (Wildman–Crippen LogP) is 3.36. The minimum absolute atomic E-state index is 0.0156. The summed E-state index contributed by atoms with van der Waals surface area (Å²) in [4.78, 5) is 17.9. The summed E-state index contributed by atoms with van der Waals surface area (Å²) in [6, 6.07) is 16.6. The van der Waals surface area contributed by atoms with Crippen LogP contribution < -0.4 is 10.4 Å². The van der Waals surface area contributed by atoms with Crippen molar-refractivity contribution in [1.82, 2.24) is 14.5 Å². The maximum absolute atomic E-state index is 12.4. The van der Waals surface area contributed by atoms with Crippen LogP contribution in [-0.2, 0) is 6.42 Å². The number of likely N-dealkylation sites (tertiary alicyclic amines) is 1. The number of aromatic nitrogens is 2. The van der Waals surface area contributed by atoms with Crippen LogP contribution in [0.5, 0.6) is 5.75 Å². The van der Waals surface area contributed by atoms with Crippen LogP contribution in [-0.4, -0.2) is 40.2 Å². The summed E-state index contributed by atoms with van der Waals surface area (Å²) in [5, 5.41) is 0. The fourth-order valence-electron chi connectivity index (χ4n) is 4.59. The molecule has 1 fully saturated rings. The highest BCUT2D eigenvalue weighted by Gasteiger charge is 2.27. The fraction of sp³-hybridized carbons (Fsp3) is 0.409. The zero-order valence-corrected chi connectivity index (χ0v) is 15.4. The standard InChI is InChI=1S/C22H25N3O2/c26-22-23-19-6-2-3-7-20(19)25(22)17-11-13-24(14-12-17)15-18-10-9-16-5-1-4-8-21(16)27-18/h1-8,17-18H,9-15H2,(H,23,26)/t18-/m0/s1. The highest BCUT2D eigenvalue weighted by atomic mass is 16.5. The number of aryl methyl sites for hydroxylation is 1. The molecule has 2 aromatic carbocycles. The van der Waals surface area contributed by atoms with Gasteiger partial charge in [-0.3, -0.25) is 9.47 Å². The highest BCUT2D eigenvalue weighted by molar-refractivity contribution is 5.75. The molecule has 1 atom stereocenters. The number of rotatable bonds is 3. The lowest BCUT2D eigenvalue weighted by atomic mass is 10.00. The third-order valence-corrected chi connectivity index (χ3v) is 6.01. The Hall–Kier alpha value is -2.53. The van der Waals surface area contributed by atoms with Gasteiger partial charge >= 0.3 is 5.69 Å². The second-order valence-electron chi connectivity index (χ2n) is 7.74. The van der Waals surface area contributed by atoms with Crippen LogP contribution in [0, 0.1) is 0 Å². The molecule has 2 aliphatic heterocycles. The number of nitrogens with zero attached hydrogens (tertiary/aromatic N) is 2. The Labute approximate surface area is 158 Å². The second-order valence-corrected chi connectivity index (χ2v) is 7.74. The van der Waals surface area contributed by atoms with Crippen LogP contribution in [0.2, 0.25) is 0 Å². The van der Waals surface area contributed by atoms with Gasteiger partial charge in [0.15, 0.2) is 0 Å². The predicted molar refractivity (Wildman–Crippen MR) is 106 cm³/mol. The molecule has 140 valence electrons. The number of piperidine rings is 1. The van der Waals surface area contributed by atoms with Crippen molar-refractivity contribution in [2.75, 3.05) is 19.6 Å². The minimum Gasteiger partial charge on any atom is -0.489 e. The Morgan fingerprint density at radius 1 is 1.00 bits per heavy atom. The number of para-hydroxylation sites is 3. The van der Waals surface area contributed by atoms with Gasteiger partial charge in [-0.2, -0.15) is 0 Å². The third-order valence-electron chi connectivity index (χ3n) is 6.01. The molecule has 5 rings (SSSR count). The smallest absolute Gasteiger partial charge is 0.326 e. The van der Waals surface area contributed by atoms with Gasteiger partial charge in [0.2, 0.25) is 0 Å². The molecule has 3 aromatic rings. The number of fused-ring (bicyclic) bond motifs is 2. The van der Waals surface area contributed by atoms with Crippen LogP contribution in [0.3, 0.4) is 0 Å². The first-order chi connectivity index (χ1) is 13.3. The maximum Gasteiger partial charge on any atom is 0.326 e. The quantitative estimate of drug-likeness (QED) is 0.776. The Balaban J connectivity index is 1.23. The zero-order valence-electron chi connectivity index (χ0n) is 15.4. The van der Waals surface area contributed by atoms with E-state index >= 15 is 0 Å². The van der Waals surface area contributed by atoms with E-state index in [1.165, 1.54) is 5.56 Å². The van der Waals surface area contributed by atoms with E-state index in [-0.39, 0.29) is 17.8 Å². The maximum atomic E-state index is 12.4. The van der Waals surface area contributed by atoms with Crippen molar-refractivity contribution in [3.05, 3.63) is 64.6 Å². The van der Waals surface area contributed by atoms with Crippen LogP contribution in [0.15, 0.2) is 53.3 Å². The van der Waals surface area contributed by atoms with Gasteiger partial charge in [0.25, 0.3) is 0 Å². The third kappa shape index (κ3) is 3.16. The van der Waals surface area contributed by atoms with Gasteiger partial charge in [0, 0.05) is 25.7 Å². The van der Waals surface area contributed by atoms with E-state index in [4.69, 9.17) is 4.74 Å². The SMILES string of the molecule is O=c1[nH]c2ccccc2n1C1CCN(C[C@@H]2CCc3ccccc3O2)CC1.